The fourth-order valence-corrected chi connectivity index (χ4v) is 4.08. The first-order valence-electron chi connectivity index (χ1n) is 10.3. The van der Waals surface area contributed by atoms with Gasteiger partial charge in [0, 0.05) is 35.0 Å². The van der Waals surface area contributed by atoms with Crippen molar-refractivity contribution in [3.8, 4) is 16.9 Å². The Kier molecular flexibility index (Phi) is 7.26. The summed E-state index contributed by atoms with van der Waals surface area (Å²) in [5.74, 6) is 5.46. The Balaban J connectivity index is 1.59. The summed E-state index contributed by atoms with van der Waals surface area (Å²) in [7, 11) is 1.78. The van der Waals surface area contributed by atoms with Crippen LogP contribution in [0.15, 0.2) is 71.8 Å². The lowest BCUT2D eigenvalue weighted by atomic mass is 10.0. The van der Waals surface area contributed by atoms with Gasteiger partial charge in [0.1, 0.15) is 5.75 Å². The highest BCUT2D eigenvalue weighted by molar-refractivity contribution is 7.94. The molecule has 0 fully saturated rings. The van der Waals surface area contributed by atoms with E-state index in [-0.39, 0.29) is 5.91 Å². The van der Waals surface area contributed by atoms with Crippen molar-refractivity contribution in [2.45, 2.75) is 18.4 Å². The maximum Gasteiger partial charge on any atom is 0.254 e. The van der Waals surface area contributed by atoms with Crippen molar-refractivity contribution in [1.29, 1.82) is 0 Å². The van der Waals surface area contributed by atoms with Crippen LogP contribution in [-0.4, -0.2) is 34.7 Å². The summed E-state index contributed by atoms with van der Waals surface area (Å²) in [6, 6.07) is 19.1. The molecule has 4 rings (SSSR count). The molecule has 0 aliphatic carbocycles. The van der Waals surface area contributed by atoms with E-state index in [1.165, 1.54) is 0 Å². The van der Waals surface area contributed by atoms with Crippen LogP contribution in [0.5, 0.6) is 5.75 Å². The Morgan fingerprint density at radius 1 is 1.15 bits per heavy atom. The van der Waals surface area contributed by atoms with Crippen molar-refractivity contribution in [3.05, 3.63) is 78.0 Å². The van der Waals surface area contributed by atoms with Gasteiger partial charge in [0.05, 0.1) is 30.4 Å². The smallest absolute Gasteiger partial charge is 0.254 e. The standard InChI is InChI=1S/C24H24N4O4S/c1-3-30-22-13-17(10-11-21(22)16-6-5-9-20(12-16)33-32-31-25)24(29)28(2)15-19-8-4-7-18-14-26-27-23(18)19/h4-14H,3,15,25H2,1-2H3,(H,26,27). The molecule has 0 radical (unpaired) electrons. The summed E-state index contributed by atoms with van der Waals surface area (Å²) in [6.45, 7) is 2.83. The molecular weight excluding hydrogens is 440 g/mol. The van der Waals surface area contributed by atoms with Crippen molar-refractivity contribution in [2.24, 2.45) is 5.90 Å². The minimum absolute atomic E-state index is 0.100. The first kappa shape index (κ1) is 22.8. The largest absolute Gasteiger partial charge is 0.493 e. The molecule has 1 aromatic heterocycles. The van der Waals surface area contributed by atoms with Gasteiger partial charge in [-0.25, -0.2) is 0 Å². The molecule has 3 aromatic carbocycles. The van der Waals surface area contributed by atoms with Crippen LogP contribution in [0.3, 0.4) is 0 Å². The Bertz CT molecular complexity index is 1260. The van der Waals surface area contributed by atoms with E-state index in [9.17, 15) is 4.79 Å². The number of nitrogens with one attached hydrogen (secondary N) is 1. The van der Waals surface area contributed by atoms with Crippen LogP contribution < -0.4 is 10.6 Å². The van der Waals surface area contributed by atoms with E-state index in [1.54, 1.807) is 24.2 Å². The summed E-state index contributed by atoms with van der Waals surface area (Å²) in [4.78, 5) is 19.9. The van der Waals surface area contributed by atoms with Gasteiger partial charge in [-0.15, -0.1) is 9.32 Å². The lowest BCUT2D eigenvalue weighted by molar-refractivity contribution is -0.195. The van der Waals surface area contributed by atoms with Crippen molar-refractivity contribution >= 4 is 28.9 Å². The molecule has 170 valence electrons. The number of ether oxygens (including phenoxy) is 1. The second kappa shape index (κ2) is 10.5. The van der Waals surface area contributed by atoms with E-state index in [0.29, 0.717) is 24.5 Å². The highest BCUT2D eigenvalue weighted by atomic mass is 32.2. The zero-order valence-corrected chi connectivity index (χ0v) is 19.1. The van der Waals surface area contributed by atoms with Crippen LogP contribution in [-0.2, 0) is 15.9 Å². The molecule has 0 spiro atoms. The van der Waals surface area contributed by atoms with Gasteiger partial charge in [-0.05, 0) is 48.4 Å². The second-order valence-corrected chi connectivity index (χ2v) is 8.11. The van der Waals surface area contributed by atoms with Gasteiger partial charge in [-0.3, -0.25) is 9.89 Å². The SMILES string of the molecule is CCOc1cc(C(=O)N(C)Cc2cccc3cn[nH]c23)ccc1-c1cccc(SOON)c1. The molecule has 1 heterocycles. The molecule has 0 aliphatic heterocycles. The van der Waals surface area contributed by atoms with Crippen molar-refractivity contribution in [1.82, 2.24) is 15.1 Å². The molecule has 4 aromatic rings. The van der Waals surface area contributed by atoms with E-state index in [4.69, 9.17) is 15.0 Å². The number of rotatable bonds is 9. The number of aromatic nitrogens is 2. The van der Waals surface area contributed by atoms with Gasteiger partial charge < -0.3 is 9.64 Å². The Morgan fingerprint density at radius 2 is 2.00 bits per heavy atom. The molecule has 0 atom stereocenters. The Morgan fingerprint density at radius 3 is 2.82 bits per heavy atom. The van der Waals surface area contributed by atoms with E-state index < -0.39 is 0 Å². The summed E-state index contributed by atoms with van der Waals surface area (Å²) in [5.41, 5.74) is 4.27. The number of aromatic amines is 1. The molecule has 8 nitrogen and oxygen atoms in total. The molecule has 0 saturated carbocycles. The molecule has 0 bridgehead atoms. The maximum absolute atomic E-state index is 13.2. The first-order chi connectivity index (χ1) is 16.1. The van der Waals surface area contributed by atoms with E-state index in [2.05, 4.69) is 15.2 Å². The fourth-order valence-electron chi connectivity index (χ4n) is 3.65. The Labute approximate surface area is 195 Å². The molecule has 1 amide bonds. The van der Waals surface area contributed by atoms with Crippen LogP contribution in [0.4, 0.5) is 0 Å². The molecule has 0 unspecified atom stereocenters. The highest BCUT2D eigenvalue weighted by Crippen LogP contribution is 2.34. The number of nitrogens with zero attached hydrogens (tertiary/aromatic N) is 2. The van der Waals surface area contributed by atoms with Gasteiger partial charge in [0.25, 0.3) is 5.91 Å². The van der Waals surface area contributed by atoms with Crippen LogP contribution in [0.2, 0.25) is 0 Å². The first-order valence-corrected chi connectivity index (χ1v) is 11.1. The van der Waals surface area contributed by atoms with Gasteiger partial charge in [0.2, 0.25) is 0 Å². The molecule has 33 heavy (non-hydrogen) atoms. The summed E-state index contributed by atoms with van der Waals surface area (Å²) >= 11 is 1.01. The number of nitrogens with two attached hydrogens (primary N) is 1. The second-order valence-electron chi connectivity index (χ2n) is 7.33. The Hall–Kier alpha value is -3.37. The number of benzene rings is 3. The number of amides is 1. The molecule has 0 saturated heterocycles. The molecule has 3 N–H and O–H groups in total. The van der Waals surface area contributed by atoms with Gasteiger partial charge in [-0.2, -0.15) is 11.0 Å². The maximum atomic E-state index is 13.2. The van der Waals surface area contributed by atoms with Crippen molar-refractivity contribution in [3.63, 3.8) is 0 Å². The van der Waals surface area contributed by atoms with Gasteiger partial charge in [0.15, 0.2) is 0 Å². The minimum Gasteiger partial charge on any atom is -0.493 e. The normalized spacial score (nSPS) is 11.0. The zero-order chi connectivity index (χ0) is 23.2. The predicted octanol–water partition coefficient (Wildman–Crippen LogP) is 4.73. The quantitative estimate of drug-likeness (QED) is 0.210. The molecule has 0 aliphatic rings. The predicted molar refractivity (Wildman–Crippen MR) is 127 cm³/mol. The average Bonchev–Trinajstić information content (AvgIpc) is 3.32. The van der Waals surface area contributed by atoms with E-state index in [1.807, 2.05) is 61.5 Å². The lowest BCUT2D eigenvalue weighted by Gasteiger charge is -2.19. The lowest BCUT2D eigenvalue weighted by Crippen LogP contribution is -2.26. The third-order valence-electron chi connectivity index (χ3n) is 5.16. The number of hydrogen-bond donors (Lipinski definition) is 2. The average molecular weight is 465 g/mol. The minimum atomic E-state index is -0.100. The summed E-state index contributed by atoms with van der Waals surface area (Å²) in [5, 5.41) is 8.12. The number of carbonyl (C=O) groups excluding carboxylic acids is 1. The third-order valence-corrected chi connectivity index (χ3v) is 5.75. The molecular formula is C24H24N4O4S. The van der Waals surface area contributed by atoms with Gasteiger partial charge >= 0.3 is 0 Å². The monoisotopic (exact) mass is 464 g/mol. The fraction of sp³-hybridized carbons (Fsp3) is 0.167. The number of para-hydroxylation sites is 1. The number of carbonyl (C=O) groups is 1. The third kappa shape index (κ3) is 5.18. The summed E-state index contributed by atoms with van der Waals surface area (Å²) < 4.78 is 10.6. The number of hydrogen-bond acceptors (Lipinski definition) is 7. The number of H-pyrrole nitrogens is 1. The van der Waals surface area contributed by atoms with Gasteiger partial charge in [-0.1, -0.05) is 30.3 Å². The highest BCUT2D eigenvalue weighted by Gasteiger charge is 2.17. The topological polar surface area (TPSA) is 103 Å². The number of fused-ring (bicyclic) bond motifs is 1. The van der Waals surface area contributed by atoms with Crippen molar-refractivity contribution in [2.75, 3.05) is 13.7 Å². The van der Waals surface area contributed by atoms with Crippen LogP contribution in [0.1, 0.15) is 22.8 Å². The van der Waals surface area contributed by atoms with E-state index in [0.717, 1.165) is 44.5 Å². The van der Waals surface area contributed by atoms with E-state index >= 15 is 0 Å². The summed E-state index contributed by atoms with van der Waals surface area (Å²) in [6.07, 6.45) is 1.77. The zero-order valence-electron chi connectivity index (χ0n) is 18.3. The van der Waals surface area contributed by atoms with Crippen LogP contribution in [0, 0.1) is 0 Å². The van der Waals surface area contributed by atoms with Crippen LogP contribution >= 0.6 is 12.0 Å². The van der Waals surface area contributed by atoms with Crippen molar-refractivity contribution < 1.29 is 18.9 Å². The van der Waals surface area contributed by atoms with Crippen LogP contribution in [0.25, 0.3) is 22.0 Å². The molecule has 9 heteroatoms.